The molecule has 186 valence electrons. The zero-order valence-corrected chi connectivity index (χ0v) is 19.0. The number of hydrogen-bond acceptors (Lipinski definition) is 8. The highest BCUT2D eigenvalue weighted by atomic mass is 19.1. The van der Waals surface area contributed by atoms with E-state index in [0.717, 1.165) is 5.57 Å². The molecule has 0 aliphatic carbocycles. The molecule has 11 nitrogen and oxygen atoms in total. The van der Waals surface area contributed by atoms with E-state index in [4.69, 9.17) is 9.47 Å². The predicted molar refractivity (Wildman–Crippen MR) is 120 cm³/mol. The van der Waals surface area contributed by atoms with Gasteiger partial charge in [-0.05, 0) is 35.3 Å². The summed E-state index contributed by atoms with van der Waals surface area (Å²) in [6, 6.07) is 6.03. The number of carbonyl (C=O) groups is 3. The standard InChI is InChI=1S/C23H25FN4O7/c1-14(29)25-11-20(30)22(31)27-7-4-15(5-8-27)18-3-2-16(10-19(18)24)28-12-17(35-23(28)32)13-33-21-6-9-34-26-21/h2-4,6,9-10,17,20,30H,5,7-8,11-13H2,1H3,(H,25,29)/t17-,20+/m1/s1. The molecule has 1 aromatic heterocycles. The van der Waals surface area contributed by atoms with Crippen molar-refractivity contribution >= 4 is 29.2 Å². The fraction of sp³-hybridized carbons (Fsp3) is 0.391. The van der Waals surface area contributed by atoms with E-state index in [0.29, 0.717) is 24.2 Å². The van der Waals surface area contributed by atoms with Crippen molar-refractivity contribution in [3.63, 3.8) is 0 Å². The number of nitrogens with zero attached hydrogens (tertiary/aromatic N) is 3. The summed E-state index contributed by atoms with van der Waals surface area (Å²) >= 11 is 0. The average molecular weight is 488 g/mol. The van der Waals surface area contributed by atoms with Gasteiger partial charge >= 0.3 is 6.09 Å². The lowest BCUT2D eigenvalue weighted by atomic mass is 9.98. The van der Waals surface area contributed by atoms with Gasteiger partial charge in [0.2, 0.25) is 5.91 Å². The number of halogens is 1. The third-order valence-electron chi connectivity index (χ3n) is 5.67. The van der Waals surface area contributed by atoms with Crippen LogP contribution in [0, 0.1) is 5.82 Å². The summed E-state index contributed by atoms with van der Waals surface area (Å²) in [7, 11) is 0. The molecule has 35 heavy (non-hydrogen) atoms. The molecule has 0 bridgehead atoms. The van der Waals surface area contributed by atoms with Crippen molar-refractivity contribution < 1.29 is 37.9 Å². The van der Waals surface area contributed by atoms with Crippen molar-refractivity contribution in [3.05, 3.63) is 48.0 Å². The second kappa shape index (κ2) is 10.6. The number of hydrogen-bond donors (Lipinski definition) is 2. The van der Waals surface area contributed by atoms with Crippen LogP contribution < -0.4 is 15.0 Å². The minimum atomic E-state index is -1.34. The van der Waals surface area contributed by atoms with Crippen molar-refractivity contribution in [1.29, 1.82) is 0 Å². The number of aliphatic hydroxyl groups excluding tert-OH is 1. The van der Waals surface area contributed by atoms with E-state index in [2.05, 4.69) is 15.0 Å². The molecule has 2 aromatic rings. The van der Waals surface area contributed by atoms with E-state index >= 15 is 0 Å². The second-order valence-corrected chi connectivity index (χ2v) is 8.15. The number of ether oxygens (including phenoxy) is 2. The highest BCUT2D eigenvalue weighted by Gasteiger charge is 2.33. The van der Waals surface area contributed by atoms with Gasteiger partial charge in [0, 0.05) is 31.6 Å². The van der Waals surface area contributed by atoms with Crippen LogP contribution in [0.25, 0.3) is 5.57 Å². The quantitative estimate of drug-likeness (QED) is 0.568. The molecule has 4 rings (SSSR count). The molecule has 0 spiro atoms. The van der Waals surface area contributed by atoms with Gasteiger partial charge in [0.15, 0.2) is 6.10 Å². The summed E-state index contributed by atoms with van der Waals surface area (Å²) in [6.07, 6.45) is 0.993. The Hall–Kier alpha value is -3.93. The number of aromatic nitrogens is 1. The largest absolute Gasteiger partial charge is 0.471 e. The van der Waals surface area contributed by atoms with Crippen LogP contribution in [0.3, 0.4) is 0 Å². The Labute approximate surface area is 200 Å². The number of benzene rings is 1. The Kier molecular flexibility index (Phi) is 7.30. The highest BCUT2D eigenvalue weighted by Crippen LogP contribution is 2.30. The first-order valence-electron chi connectivity index (χ1n) is 11.0. The number of anilines is 1. The maximum Gasteiger partial charge on any atom is 0.414 e. The van der Waals surface area contributed by atoms with Gasteiger partial charge in [-0.3, -0.25) is 14.5 Å². The van der Waals surface area contributed by atoms with Gasteiger partial charge in [0.05, 0.1) is 18.8 Å². The van der Waals surface area contributed by atoms with Crippen LogP contribution in [0.5, 0.6) is 5.88 Å². The van der Waals surface area contributed by atoms with Crippen molar-refractivity contribution in [2.45, 2.75) is 25.6 Å². The second-order valence-electron chi connectivity index (χ2n) is 8.15. The SMILES string of the molecule is CC(=O)NC[C@H](O)C(=O)N1CC=C(c2ccc(N3C[C@H](COc4ccon4)OC3=O)cc2F)CC1. The van der Waals surface area contributed by atoms with Gasteiger partial charge in [-0.25, -0.2) is 9.18 Å². The molecule has 2 aliphatic heterocycles. The number of rotatable bonds is 8. The van der Waals surface area contributed by atoms with E-state index in [9.17, 15) is 23.9 Å². The van der Waals surface area contributed by atoms with Gasteiger partial charge < -0.3 is 29.3 Å². The van der Waals surface area contributed by atoms with Gasteiger partial charge in [-0.1, -0.05) is 6.08 Å². The molecule has 2 N–H and O–H groups in total. The molecule has 3 heterocycles. The smallest absolute Gasteiger partial charge is 0.414 e. The van der Waals surface area contributed by atoms with E-state index in [1.54, 1.807) is 18.2 Å². The number of amides is 3. The molecule has 1 aromatic carbocycles. The van der Waals surface area contributed by atoms with Crippen LogP contribution in [0.15, 0.2) is 41.1 Å². The highest BCUT2D eigenvalue weighted by molar-refractivity contribution is 5.90. The van der Waals surface area contributed by atoms with E-state index in [1.807, 2.05) is 0 Å². The maximum atomic E-state index is 15.0. The Morgan fingerprint density at radius 2 is 2.20 bits per heavy atom. The van der Waals surface area contributed by atoms with Crippen LogP contribution in [-0.4, -0.2) is 78.1 Å². The average Bonchev–Trinajstić information content (AvgIpc) is 3.50. The number of nitrogens with one attached hydrogen (secondary N) is 1. The molecule has 2 atom stereocenters. The topological polar surface area (TPSA) is 134 Å². The minimum absolute atomic E-state index is 0.0803. The first-order valence-corrected chi connectivity index (χ1v) is 11.0. The summed E-state index contributed by atoms with van der Waals surface area (Å²) in [4.78, 5) is 38.4. The van der Waals surface area contributed by atoms with E-state index in [1.165, 1.54) is 35.1 Å². The molecular weight excluding hydrogens is 463 g/mol. The fourth-order valence-electron chi connectivity index (χ4n) is 3.86. The molecule has 2 aliphatic rings. The summed E-state index contributed by atoms with van der Waals surface area (Å²) in [5, 5.41) is 16.0. The lowest BCUT2D eigenvalue weighted by Gasteiger charge is -2.28. The van der Waals surface area contributed by atoms with Gasteiger partial charge in [0.25, 0.3) is 11.8 Å². The molecule has 1 saturated heterocycles. The number of carbonyl (C=O) groups excluding carboxylic acids is 3. The predicted octanol–water partition coefficient (Wildman–Crippen LogP) is 1.33. The zero-order valence-electron chi connectivity index (χ0n) is 19.0. The monoisotopic (exact) mass is 488 g/mol. The lowest BCUT2D eigenvalue weighted by molar-refractivity contribution is -0.139. The summed E-state index contributed by atoms with van der Waals surface area (Å²) in [5.41, 5.74) is 1.45. The van der Waals surface area contributed by atoms with Crippen LogP contribution >= 0.6 is 0 Å². The van der Waals surface area contributed by atoms with Crippen molar-refractivity contribution in [3.8, 4) is 5.88 Å². The Morgan fingerprint density at radius 3 is 2.86 bits per heavy atom. The summed E-state index contributed by atoms with van der Waals surface area (Å²) < 4.78 is 30.3. The third-order valence-corrected chi connectivity index (χ3v) is 5.67. The number of cyclic esters (lactones) is 1. The normalized spacial score (nSPS) is 18.7. The molecule has 0 radical (unpaired) electrons. The molecule has 0 saturated carbocycles. The van der Waals surface area contributed by atoms with E-state index < -0.39 is 30.0 Å². The van der Waals surface area contributed by atoms with Gasteiger partial charge in [-0.15, -0.1) is 0 Å². The first-order chi connectivity index (χ1) is 16.8. The molecule has 12 heteroatoms. The van der Waals surface area contributed by atoms with Crippen LogP contribution in [0.1, 0.15) is 18.9 Å². The van der Waals surface area contributed by atoms with Crippen LogP contribution in [-0.2, 0) is 14.3 Å². The third kappa shape index (κ3) is 5.77. The lowest BCUT2D eigenvalue weighted by Crippen LogP contribution is -2.46. The summed E-state index contributed by atoms with van der Waals surface area (Å²) in [6.45, 7) is 1.91. The zero-order chi connectivity index (χ0) is 24.9. The van der Waals surface area contributed by atoms with Gasteiger partial charge in [0.1, 0.15) is 24.8 Å². The Morgan fingerprint density at radius 1 is 1.37 bits per heavy atom. The summed E-state index contributed by atoms with van der Waals surface area (Å²) in [5.74, 6) is -1.07. The van der Waals surface area contributed by atoms with Crippen molar-refractivity contribution in [1.82, 2.24) is 15.4 Å². The van der Waals surface area contributed by atoms with Gasteiger partial charge in [-0.2, -0.15) is 0 Å². The Balaban J connectivity index is 1.35. The molecular formula is C23H25FN4O7. The van der Waals surface area contributed by atoms with Crippen LogP contribution in [0.4, 0.5) is 14.9 Å². The molecule has 1 fully saturated rings. The first kappa shape index (κ1) is 24.2. The van der Waals surface area contributed by atoms with Crippen molar-refractivity contribution in [2.24, 2.45) is 0 Å². The minimum Gasteiger partial charge on any atom is -0.471 e. The molecule has 0 unspecified atom stereocenters. The fourth-order valence-corrected chi connectivity index (χ4v) is 3.86. The Bertz CT molecular complexity index is 1120. The van der Waals surface area contributed by atoms with Crippen molar-refractivity contribution in [2.75, 3.05) is 37.7 Å². The van der Waals surface area contributed by atoms with E-state index in [-0.39, 0.29) is 38.0 Å². The number of aliphatic hydroxyl groups is 1. The maximum absolute atomic E-state index is 15.0. The van der Waals surface area contributed by atoms with Crippen LogP contribution in [0.2, 0.25) is 0 Å². The molecule has 3 amide bonds.